The highest BCUT2D eigenvalue weighted by Gasteiger charge is 2.27. The molecule has 1 unspecified atom stereocenters. The van der Waals surface area contributed by atoms with Gasteiger partial charge in [-0.05, 0) is 19.3 Å². The fraction of sp³-hybridized carbons (Fsp3) is 0.833. The molecular formula is C12H20N2O3. The molecule has 0 aromatic carbocycles. The Kier molecular flexibility index (Phi) is 3.99. The fourth-order valence-electron chi connectivity index (χ4n) is 2.40. The van der Waals surface area contributed by atoms with Crippen LogP contribution in [0.3, 0.4) is 0 Å². The fourth-order valence-corrected chi connectivity index (χ4v) is 2.40. The number of hydrogen-bond acceptors (Lipinski definition) is 3. The summed E-state index contributed by atoms with van der Waals surface area (Å²) in [5.41, 5.74) is 0. The third kappa shape index (κ3) is 3.19. The lowest BCUT2D eigenvalue weighted by molar-refractivity contribution is -0.121. The molecule has 2 fully saturated rings. The standard InChI is InChI=1S/C12H20N2O3/c1-14(10-2-4-11(15)5-3-10)12(16)13-9-6-7-17-8-9/h9-10H,2-8H2,1H3,(H,13,16). The highest BCUT2D eigenvalue weighted by Crippen LogP contribution is 2.19. The Morgan fingerprint density at radius 2 is 2.06 bits per heavy atom. The molecule has 1 aliphatic carbocycles. The highest BCUT2D eigenvalue weighted by molar-refractivity contribution is 5.80. The van der Waals surface area contributed by atoms with Crippen molar-refractivity contribution in [3.8, 4) is 0 Å². The maximum absolute atomic E-state index is 12.0. The molecule has 2 amide bonds. The van der Waals surface area contributed by atoms with E-state index in [-0.39, 0.29) is 18.1 Å². The number of carbonyl (C=O) groups is 2. The number of amides is 2. The minimum Gasteiger partial charge on any atom is -0.379 e. The van der Waals surface area contributed by atoms with Crippen LogP contribution in [-0.2, 0) is 9.53 Å². The van der Waals surface area contributed by atoms with Gasteiger partial charge in [0.1, 0.15) is 5.78 Å². The van der Waals surface area contributed by atoms with E-state index in [0.717, 1.165) is 25.9 Å². The summed E-state index contributed by atoms with van der Waals surface area (Å²) >= 11 is 0. The van der Waals surface area contributed by atoms with Crippen LogP contribution in [0.5, 0.6) is 0 Å². The van der Waals surface area contributed by atoms with Gasteiger partial charge in [0, 0.05) is 32.5 Å². The molecule has 5 nitrogen and oxygen atoms in total. The van der Waals surface area contributed by atoms with Gasteiger partial charge in [0.2, 0.25) is 0 Å². The molecule has 0 bridgehead atoms. The first-order chi connectivity index (χ1) is 8.16. The summed E-state index contributed by atoms with van der Waals surface area (Å²) in [6, 6.07) is 0.310. The summed E-state index contributed by atoms with van der Waals surface area (Å²) in [6.07, 6.45) is 3.69. The lowest BCUT2D eigenvalue weighted by Crippen LogP contribution is -2.48. The van der Waals surface area contributed by atoms with Crippen molar-refractivity contribution < 1.29 is 14.3 Å². The SMILES string of the molecule is CN(C(=O)NC1CCOC1)C1CCC(=O)CC1. The van der Waals surface area contributed by atoms with Gasteiger partial charge < -0.3 is 15.0 Å². The molecule has 0 aromatic rings. The predicted molar refractivity (Wildman–Crippen MR) is 62.8 cm³/mol. The molecule has 1 N–H and O–H groups in total. The van der Waals surface area contributed by atoms with E-state index in [9.17, 15) is 9.59 Å². The van der Waals surface area contributed by atoms with E-state index < -0.39 is 0 Å². The van der Waals surface area contributed by atoms with Crippen LogP contribution in [0.2, 0.25) is 0 Å². The van der Waals surface area contributed by atoms with Gasteiger partial charge in [-0.3, -0.25) is 4.79 Å². The van der Waals surface area contributed by atoms with Crippen molar-refractivity contribution in [1.29, 1.82) is 0 Å². The Hall–Kier alpha value is -1.10. The molecule has 5 heteroatoms. The van der Waals surface area contributed by atoms with Gasteiger partial charge in [0.05, 0.1) is 12.6 Å². The second kappa shape index (κ2) is 5.49. The van der Waals surface area contributed by atoms with Crippen LogP contribution in [0, 0.1) is 0 Å². The molecule has 2 aliphatic rings. The van der Waals surface area contributed by atoms with Crippen LogP contribution in [0.4, 0.5) is 4.79 Å². The van der Waals surface area contributed by atoms with E-state index in [2.05, 4.69) is 5.32 Å². The minimum atomic E-state index is -0.0418. The van der Waals surface area contributed by atoms with Crippen molar-refractivity contribution in [1.82, 2.24) is 10.2 Å². The zero-order chi connectivity index (χ0) is 12.3. The highest BCUT2D eigenvalue weighted by atomic mass is 16.5. The van der Waals surface area contributed by atoms with Crippen molar-refractivity contribution in [3.05, 3.63) is 0 Å². The summed E-state index contributed by atoms with van der Waals surface area (Å²) in [5.74, 6) is 0.319. The first-order valence-electron chi connectivity index (χ1n) is 6.29. The van der Waals surface area contributed by atoms with E-state index in [1.165, 1.54) is 0 Å². The van der Waals surface area contributed by atoms with Crippen LogP contribution in [0.15, 0.2) is 0 Å². The number of rotatable bonds is 2. The Balaban J connectivity index is 1.79. The van der Waals surface area contributed by atoms with Crippen molar-refractivity contribution in [3.63, 3.8) is 0 Å². The number of Topliss-reactive ketones (excluding diaryl/α,β-unsaturated/α-hetero) is 1. The lowest BCUT2D eigenvalue weighted by Gasteiger charge is -2.31. The Bertz CT molecular complexity index is 290. The van der Waals surface area contributed by atoms with Crippen LogP contribution in [-0.4, -0.2) is 49.1 Å². The van der Waals surface area contributed by atoms with Gasteiger partial charge in [-0.25, -0.2) is 4.79 Å². The van der Waals surface area contributed by atoms with Gasteiger partial charge in [-0.1, -0.05) is 0 Å². The number of ketones is 1. The average Bonchev–Trinajstić information content (AvgIpc) is 2.82. The first-order valence-corrected chi connectivity index (χ1v) is 6.29. The topological polar surface area (TPSA) is 58.6 Å². The number of nitrogens with zero attached hydrogens (tertiary/aromatic N) is 1. The van der Waals surface area contributed by atoms with Crippen LogP contribution < -0.4 is 5.32 Å². The maximum Gasteiger partial charge on any atom is 0.317 e. The second-order valence-corrected chi connectivity index (χ2v) is 4.89. The van der Waals surface area contributed by atoms with Crippen LogP contribution in [0.25, 0.3) is 0 Å². The molecule has 1 atom stereocenters. The van der Waals surface area contributed by atoms with Gasteiger partial charge in [0.15, 0.2) is 0 Å². The quantitative estimate of drug-likeness (QED) is 0.781. The van der Waals surface area contributed by atoms with Crippen molar-refractivity contribution in [2.75, 3.05) is 20.3 Å². The van der Waals surface area contributed by atoms with E-state index in [1.807, 2.05) is 7.05 Å². The van der Waals surface area contributed by atoms with Gasteiger partial charge in [-0.2, -0.15) is 0 Å². The molecule has 0 radical (unpaired) electrons. The molecule has 17 heavy (non-hydrogen) atoms. The number of urea groups is 1. The molecule has 96 valence electrons. The average molecular weight is 240 g/mol. The summed E-state index contributed by atoms with van der Waals surface area (Å²) in [7, 11) is 1.81. The van der Waals surface area contributed by atoms with E-state index in [4.69, 9.17) is 4.74 Å². The smallest absolute Gasteiger partial charge is 0.317 e. The third-order valence-corrected chi connectivity index (χ3v) is 3.64. The monoisotopic (exact) mass is 240 g/mol. The van der Waals surface area contributed by atoms with Gasteiger partial charge >= 0.3 is 6.03 Å². The number of carbonyl (C=O) groups excluding carboxylic acids is 2. The Morgan fingerprint density at radius 3 is 2.65 bits per heavy atom. The van der Waals surface area contributed by atoms with Crippen LogP contribution >= 0.6 is 0 Å². The molecule has 1 heterocycles. The van der Waals surface area contributed by atoms with Crippen molar-refractivity contribution >= 4 is 11.8 Å². The first kappa shape index (κ1) is 12.4. The summed E-state index contributed by atoms with van der Waals surface area (Å²) < 4.78 is 5.22. The number of ether oxygens (including phenoxy) is 1. The van der Waals surface area contributed by atoms with Crippen molar-refractivity contribution in [2.45, 2.75) is 44.2 Å². The summed E-state index contributed by atoms with van der Waals surface area (Å²) in [4.78, 5) is 24.8. The zero-order valence-corrected chi connectivity index (χ0v) is 10.3. The molecule has 2 rings (SSSR count). The lowest BCUT2D eigenvalue weighted by atomic mass is 9.93. The molecular weight excluding hydrogens is 220 g/mol. The summed E-state index contributed by atoms with van der Waals surface area (Å²) in [6.45, 7) is 1.34. The summed E-state index contributed by atoms with van der Waals surface area (Å²) in [5, 5.41) is 2.96. The minimum absolute atomic E-state index is 0.0418. The largest absolute Gasteiger partial charge is 0.379 e. The second-order valence-electron chi connectivity index (χ2n) is 4.89. The number of nitrogens with one attached hydrogen (secondary N) is 1. The number of hydrogen-bond donors (Lipinski definition) is 1. The molecule has 0 aromatic heterocycles. The normalized spacial score (nSPS) is 25.9. The van der Waals surface area contributed by atoms with E-state index >= 15 is 0 Å². The van der Waals surface area contributed by atoms with Gasteiger partial charge in [0.25, 0.3) is 0 Å². The predicted octanol–water partition coefficient (Wildman–Crippen LogP) is 0.928. The van der Waals surface area contributed by atoms with Crippen LogP contribution in [0.1, 0.15) is 32.1 Å². The van der Waals surface area contributed by atoms with Crippen molar-refractivity contribution in [2.24, 2.45) is 0 Å². The third-order valence-electron chi connectivity index (χ3n) is 3.64. The zero-order valence-electron chi connectivity index (χ0n) is 10.3. The Morgan fingerprint density at radius 1 is 1.35 bits per heavy atom. The van der Waals surface area contributed by atoms with E-state index in [1.54, 1.807) is 4.90 Å². The Labute approximate surface area is 101 Å². The molecule has 0 spiro atoms. The molecule has 1 aliphatic heterocycles. The van der Waals surface area contributed by atoms with Gasteiger partial charge in [-0.15, -0.1) is 0 Å². The molecule has 1 saturated heterocycles. The maximum atomic E-state index is 12.0. The van der Waals surface area contributed by atoms with E-state index in [0.29, 0.717) is 25.2 Å². The molecule has 1 saturated carbocycles.